The van der Waals surface area contributed by atoms with Crippen LogP contribution in [0.25, 0.3) is 0 Å². The van der Waals surface area contributed by atoms with Crippen molar-refractivity contribution in [1.29, 1.82) is 0 Å². The highest BCUT2D eigenvalue weighted by Gasteiger charge is 2.27. The van der Waals surface area contributed by atoms with Crippen molar-refractivity contribution in [3.63, 3.8) is 0 Å². The first-order valence-corrected chi connectivity index (χ1v) is 7.41. The quantitative estimate of drug-likeness (QED) is 0.843. The van der Waals surface area contributed by atoms with Gasteiger partial charge in [0, 0.05) is 17.6 Å². The van der Waals surface area contributed by atoms with Crippen LogP contribution in [0.3, 0.4) is 0 Å². The Bertz CT molecular complexity index is 386. The van der Waals surface area contributed by atoms with E-state index in [2.05, 4.69) is 40.3 Å². The summed E-state index contributed by atoms with van der Waals surface area (Å²) in [6, 6.07) is 6.11. The normalized spacial score (nSPS) is 18.5. The molecule has 0 atom stereocenters. The van der Waals surface area contributed by atoms with Crippen LogP contribution in [0, 0.1) is 5.41 Å². The van der Waals surface area contributed by atoms with Crippen LogP contribution in [-0.4, -0.2) is 6.54 Å². The summed E-state index contributed by atoms with van der Waals surface area (Å²) >= 11 is 9.43. The summed E-state index contributed by atoms with van der Waals surface area (Å²) in [5.74, 6) is 0. The molecule has 1 nitrogen and oxygen atoms in total. The average Bonchev–Trinajstić information content (AvgIpc) is 2.71. The predicted octanol–water partition coefficient (Wildman–Crippen LogP) is 4.77. The Hall–Kier alpha value is -0.0500. The molecule has 0 aromatic heterocycles. The van der Waals surface area contributed by atoms with Crippen molar-refractivity contribution < 1.29 is 0 Å². The Morgan fingerprint density at radius 2 is 2.06 bits per heavy atom. The summed E-state index contributed by atoms with van der Waals surface area (Å²) in [6.07, 6.45) is 5.52. The number of halogens is 2. The second-order valence-electron chi connectivity index (χ2n) is 5.37. The van der Waals surface area contributed by atoms with Gasteiger partial charge in [0.15, 0.2) is 0 Å². The van der Waals surface area contributed by atoms with E-state index < -0.39 is 0 Å². The van der Waals surface area contributed by atoms with E-state index in [1.807, 2.05) is 6.07 Å². The Labute approximate surface area is 117 Å². The van der Waals surface area contributed by atoms with Crippen molar-refractivity contribution in [3.8, 4) is 0 Å². The highest BCUT2D eigenvalue weighted by Crippen LogP contribution is 2.36. The maximum Gasteiger partial charge on any atom is 0.0548 e. The van der Waals surface area contributed by atoms with Crippen molar-refractivity contribution >= 4 is 27.5 Å². The van der Waals surface area contributed by atoms with Gasteiger partial charge in [-0.1, -0.05) is 37.4 Å². The molecule has 0 unspecified atom stereocenters. The Balaban J connectivity index is 1.83. The molecule has 1 aliphatic rings. The van der Waals surface area contributed by atoms with Gasteiger partial charge >= 0.3 is 0 Å². The Kier molecular flexibility index (Phi) is 4.51. The molecule has 17 heavy (non-hydrogen) atoms. The number of hydrogen-bond acceptors (Lipinski definition) is 1. The molecule has 0 saturated heterocycles. The second-order valence-corrected chi connectivity index (χ2v) is 6.63. The molecule has 0 bridgehead atoms. The SMILES string of the molecule is CC1(CNCc2ccc(Cl)c(Br)c2)CCCC1. The molecule has 1 aromatic rings. The van der Waals surface area contributed by atoms with E-state index in [-0.39, 0.29) is 0 Å². The largest absolute Gasteiger partial charge is 0.312 e. The molecule has 1 aliphatic carbocycles. The summed E-state index contributed by atoms with van der Waals surface area (Å²) in [4.78, 5) is 0. The highest BCUT2D eigenvalue weighted by atomic mass is 79.9. The van der Waals surface area contributed by atoms with Crippen molar-refractivity contribution in [3.05, 3.63) is 33.3 Å². The zero-order chi connectivity index (χ0) is 12.3. The summed E-state index contributed by atoms with van der Waals surface area (Å²) in [7, 11) is 0. The maximum atomic E-state index is 5.97. The fraction of sp³-hybridized carbons (Fsp3) is 0.571. The third-order valence-electron chi connectivity index (χ3n) is 3.68. The number of nitrogens with one attached hydrogen (secondary N) is 1. The Morgan fingerprint density at radius 3 is 2.71 bits per heavy atom. The molecule has 1 fully saturated rings. The van der Waals surface area contributed by atoms with Crippen LogP contribution in [0.15, 0.2) is 22.7 Å². The van der Waals surface area contributed by atoms with Gasteiger partial charge in [-0.2, -0.15) is 0 Å². The molecule has 1 saturated carbocycles. The minimum Gasteiger partial charge on any atom is -0.312 e. The molecule has 0 spiro atoms. The molecule has 0 radical (unpaired) electrons. The molecule has 94 valence electrons. The summed E-state index contributed by atoms with van der Waals surface area (Å²) < 4.78 is 0.977. The molecule has 0 heterocycles. The van der Waals surface area contributed by atoms with Crippen LogP contribution >= 0.6 is 27.5 Å². The van der Waals surface area contributed by atoms with E-state index in [1.54, 1.807) is 0 Å². The van der Waals surface area contributed by atoms with Gasteiger partial charge in [0.05, 0.1) is 5.02 Å². The predicted molar refractivity (Wildman–Crippen MR) is 77.4 cm³/mol. The number of benzene rings is 1. The maximum absolute atomic E-state index is 5.97. The van der Waals surface area contributed by atoms with Crippen molar-refractivity contribution in [2.45, 2.75) is 39.2 Å². The third-order valence-corrected chi connectivity index (χ3v) is 4.89. The molecular weight excluding hydrogens is 298 g/mol. The smallest absolute Gasteiger partial charge is 0.0548 e. The summed E-state index contributed by atoms with van der Waals surface area (Å²) in [5, 5.41) is 4.34. The first kappa shape index (κ1) is 13.4. The van der Waals surface area contributed by atoms with Gasteiger partial charge in [0.1, 0.15) is 0 Å². The van der Waals surface area contributed by atoms with Gasteiger partial charge in [-0.15, -0.1) is 0 Å². The van der Waals surface area contributed by atoms with E-state index in [0.717, 1.165) is 22.6 Å². The van der Waals surface area contributed by atoms with E-state index in [9.17, 15) is 0 Å². The average molecular weight is 317 g/mol. The molecular formula is C14H19BrClN. The van der Waals surface area contributed by atoms with Gasteiger partial charge < -0.3 is 5.32 Å². The topological polar surface area (TPSA) is 12.0 Å². The van der Waals surface area contributed by atoms with E-state index in [4.69, 9.17) is 11.6 Å². The first-order chi connectivity index (χ1) is 8.09. The second kappa shape index (κ2) is 5.73. The van der Waals surface area contributed by atoms with Crippen molar-refractivity contribution in [2.24, 2.45) is 5.41 Å². The minimum atomic E-state index is 0.518. The number of hydrogen-bond donors (Lipinski definition) is 1. The monoisotopic (exact) mass is 315 g/mol. The fourth-order valence-corrected chi connectivity index (χ4v) is 3.11. The standard InChI is InChI=1S/C14H19BrClN/c1-14(6-2-3-7-14)10-17-9-11-4-5-13(16)12(15)8-11/h4-5,8,17H,2-3,6-7,9-10H2,1H3. The lowest BCUT2D eigenvalue weighted by molar-refractivity contribution is 0.314. The summed E-state index contributed by atoms with van der Waals surface area (Å²) in [6.45, 7) is 4.43. The Morgan fingerprint density at radius 1 is 1.35 bits per heavy atom. The van der Waals surface area contributed by atoms with Crippen LogP contribution in [0.2, 0.25) is 5.02 Å². The number of rotatable bonds is 4. The van der Waals surface area contributed by atoms with Gasteiger partial charge in [-0.3, -0.25) is 0 Å². The van der Waals surface area contributed by atoms with E-state index in [1.165, 1.54) is 31.2 Å². The van der Waals surface area contributed by atoms with E-state index >= 15 is 0 Å². The fourth-order valence-electron chi connectivity index (χ4n) is 2.56. The van der Waals surface area contributed by atoms with Gasteiger partial charge in [-0.25, -0.2) is 0 Å². The van der Waals surface area contributed by atoms with Crippen LogP contribution in [0.1, 0.15) is 38.2 Å². The van der Waals surface area contributed by atoms with Gasteiger partial charge in [0.25, 0.3) is 0 Å². The van der Waals surface area contributed by atoms with Crippen molar-refractivity contribution in [2.75, 3.05) is 6.54 Å². The molecule has 1 N–H and O–H groups in total. The molecule has 1 aromatic carbocycles. The van der Waals surface area contributed by atoms with Crippen LogP contribution in [-0.2, 0) is 6.54 Å². The lowest BCUT2D eigenvalue weighted by atomic mass is 9.89. The molecule has 0 aliphatic heterocycles. The van der Waals surface area contributed by atoms with Crippen LogP contribution < -0.4 is 5.32 Å². The third kappa shape index (κ3) is 3.70. The van der Waals surface area contributed by atoms with Gasteiger partial charge in [-0.05, 0) is 51.9 Å². The lowest BCUT2D eigenvalue weighted by Crippen LogP contribution is -2.29. The highest BCUT2D eigenvalue weighted by molar-refractivity contribution is 9.10. The first-order valence-electron chi connectivity index (χ1n) is 6.24. The van der Waals surface area contributed by atoms with Crippen molar-refractivity contribution in [1.82, 2.24) is 5.32 Å². The molecule has 3 heteroatoms. The zero-order valence-electron chi connectivity index (χ0n) is 10.2. The molecule has 2 rings (SSSR count). The summed E-state index contributed by atoms with van der Waals surface area (Å²) in [5.41, 5.74) is 1.80. The van der Waals surface area contributed by atoms with E-state index in [0.29, 0.717) is 5.41 Å². The molecule has 0 amide bonds. The minimum absolute atomic E-state index is 0.518. The van der Waals surface area contributed by atoms with Gasteiger partial charge in [0.2, 0.25) is 0 Å². The lowest BCUT2D eigenvalue weighted by Gasteiger charge is -2.23. The van der Waals surface area contributed by atoms with Crippen LogP contribution in [0.4, 0.5) is 0 Å². The van der Waals surface area contributed by atoms with Crippen LogP contribution in [0.5, 0.6) is 0 Å². The zero-order valence-corrected chi connectivity index (χ0v) is 12.6.